The van der Waals surface area contributed by atoms with Crippen LogP contribution in [0.4, 0.5) is 5.95 Å². The Morgan fingerprint density at radius 1 is 1.12 bits per heavy atom. The third-order valence-electron chi connectivity index (χ3n) is 2.12. The first kappa shape index (κ1) is 11.2. The van der Waals surface area contributed by atoms with E-state index in [2.05, 4.69) is 9.97 Å². The zero-order valence-electron chi connectivity index (χ0n) is 9.68. The Morgan fingerprint density at radius 3 is 2.59 bits per heavy atom. The fourth-order valence-corrected chi connectivity index (χ4v) is 1.38. The van der Waals surface area contributed by atoms with E-state index in [-0.39, 0.29) is 5.95 Å². The van der Waals surface area contributed by atoms with E-state index >= 15 is 0 Å². The normalized spacial score (nSPS) is 10.0. The van der Waals surface area contributed by atoms with E-state index < -0.39 is 0 Å². The van der Waals surface area contributed by atoms with E-state index in [0.717, 1.165) is 5.56 Å². The number of hydrogen-bond donors (Lipinski definition) is 1. The van der Waals surface area contributed by atoms with Crippen molar-refractivity contribution < 1.29 is 9.47 Å². The maximum absolute atomic E-state index is 5.57. The summed E-state index contributed by atoms with van der Waals surface area (Å²) in [5.74, 6) is 1.55. The molecule has 0 saturated carbocycles. The summed E-state index contributed by atoms with van der Waals surface area (Å²) >= 11 is 0. The summed E-state index contributed by atoms with van der Waals surface area (Å²) in [6.45, 7) is 1.99. The molecule has 0 atom stereocenters. The van der Waals surface area contributed by atoms with Crippen molar-refractivity contribution in [3.63, 3.8) is 0 Å². The van der Waals surface area contributed by atoms with Gasteiger partial charge in [-0.15, -0.1) is 0 Å². The van der Waals surface area contributed by atoms with Crippen molar-refractivity contribution in [2.24, 2.45) is 0 Å². The van der Waals surface area contributed by atoms with Crippen LogP contribution in [0.1, 0.15) is 5.56 Å². The molecule has 1 heterocycles. The van der Waals surface area contributed by atoms with Crippen LogP contribution < -0.4 is 15.2 Å². The Kier molecular flexibility index (Phi) is 3.09. The summed E-state index contributed by atoms with van der Waals surface area (Å²) in [4.78, 5) is 7.85. The monoisotopic (exact) mass is 231 g/mol. The van der Waals surface area contributed by atoms with Gasteiger partial charge in [0.05, 0.1) is 13.2 Å². The molecular formula is C12H13N3O2. The number of nitrogens with two attached hydrogens (primary N) is 1. The number of hydrogen-bond acceptors (Lipinski definition) is 5. The van der Waals surface area contributed by atoms with Gasteiger partial charge in [0, 0.05) is 0 Å². The smallest absolute Gasteiger partial charge is 0.227 e. The van der Waals surface area contributed by atoms with Gasteiger partial charge >= 0.3 is 0 Å². The highest BCUT2D eigenvalue weighted by Crippen LogP contribution is 2.23. The molecule has 1 aromatic carbocycles. The number of methoxy groups -OCH3 is 1. The molecule has 2 rings (SSSR count). The minimum Gasteiger partial charge on any atom is -0.481 e. The number of aromatic nitrogens is 2. The summed E-state index contributed by atoms with van der Waals surface area (Å²) in [6.07, 6.45) is 0. The molecule has 5 nitrogen and oxygen atoms in total. The summed E-state index contributed by atoms with van der Waals surface area (Å²) in [5, 5.41) is 0. The van der Waals surface area contributed by atoms with Gasteiger partial charge in [0.1, 0.15) is 5.75 Å². The van der Waals surface area contributed by atoms with Gasteiger partial charge < -0.3 is 15.2 Å². The Bertz CT molecular complexity index is 529. The van der Waals surface area contributed by atoms with Crippen LogP contribution in [0.5, 0.6) is 17.5 Å². The molecule has 0 bridgehead atoms. The summed E-state index contributed by atoms with van der Waals surface area (Å²) in [7, 11) is 1.51. The summed E-state index contributed by atoms with van der Waals surface area (Å²) < 4.78 is 10.6. The highest BCUT2D eigenvalue weighted by atomic mass is 16.5. The molecule has 0 saturated heterocycles. The van der Waals surface area contributed by atoms with Gasteiger partial charge in [0.2, 0.25) is 17.7 Å². The van der Waals surface area contributed by atoms with Crippen LogP contribution >= 0.6 is 0 Å². The lowest BCUT2D eigenvalue weighted by atomic mass is 10.2. The Balaban J connectivity index is 2.26. The second-order valence-corrected chi connectivity index (χ2v) is 3.53. The predicted molar refractivity (Wildman–Crippen MR) is 64.2 cm³/mol. The molecule has 0 fully saturated rings. The fourth-order valence-electron chi connectivity index (χ4n) is 1.38. The molecule has 17 heavy (non-hydrogen) atoms. The van der Waals surface area contributed by atoms with Gasteiger partial charge in [-0.2, -0.15) is 9.97 Å². The first-order valence-electron chi connectivity index (χ1n) is 5.10. The van der Waals surface area contributed by atoms with Crippen molar-refractivity contribution >= 4 is 5.95 Å². The van der Waals surface area contributed by atoms with Gasteiger partial charge in [-0.25, -0.2) is 0 Å². The lowest BCUT2D eigenvalue weighted by Crippen LogP contribution is -1.99. The average Bonchev–Trinajstić information content (AvgIpc) is 2.28. The van der Waals surface area contributed by atoms with Gasteiger partial charge in [-0.05, 0) is 24.6 Å². The molecule has 1 aromatic heterocycles. The highest BCUT2D eigenvalue weighted by Gasteiger charge is 2.04. The molecule has 88 valence electrons. The van der Waals surface area contributed by atoms with E-state index in [1.54, 1.807) is 6.07 Å². The van der Waals surface area contributed by atoms with Crippen LogP contribution in [0.2, 0.25) is 0 Å². The van der Waals surface area contributed by atoms with Crippen molar-refractivity contribution in [2.45, 2.75) is 6.92 Å². The topological polar surface area (TPSA) is 70.3 Å². The molecule has 2 N–H and O–H groups in total. The molecule has 0 radical (unpaired) electrons. The van der Waals surface area contributed by atoms with Crippen LogP contribution in [0, 0.1) is 6.92 Å². The maximum Gasteiger partial charge on any atom is 0.227 e. The van der Waals surface area contributed by atoms with Crippen molar-refractivity contribution in [3.05, 3.63) is 35.9 Å². The number of ether oxygens (including phenoxy) is 2. The van der Waals surface area contributed by atoms with Gasteiger partial charge in [0.25, 0.3) is 0 Å². The fraction of sp³-hybridized carbons (Fsp3) is 0.167. The molecule has 0 unspecified atom stereocenters. The standard InChI is InChI=1S/C12H13N3O2/c1-8-4-3-5-9(6-8)17-11-7-10(16-2)14-12(13)15-11/h3-7H,1-2H3,(H2,13,14,15). The number of aryl methyl sites for hydroxylation is 1. The first-order valence-corrected chi connectivity index (χ1v) is 5.10. The van der Waals surface area contributed by atoms with E-state index in [1.807, 2.05) is 31.2 Å². The maximum atomic E-state index is 5.57. The largest absolute Gasteiger partial charge is 0.481 e. The van der Waals surface area contributed by atoms with Crippen molar-refractivity contribution in [1.82, 2.24) is 9.97 Å². The Labute approximate surface area is 99.2 Å². The first-order chi connectivity index (χ1) is 8.17. The van der Waals surface area contributed by atoms with Crippen molar-refractivity contribution in [2.75, 3.05) is 12.8 Å². The number of nitrogen functional groups attached to an aromatic ring is 1. The molecule has 0 spiro atoms. The highest BCUT2D eigenvalue weighted by molar-refractivity contribution is 5.34. The number of benzene rings is 1. The van der Waals surface area contributed by atoms with Crippen LogP contribution in [0.25, 0.3) is 0 Å². The summed E-state index contributed by atoms with van der Waals surface area (Å²) in [6, 6.07) is 9.23. The second-order valence-electron chi connectivity index (χ2n) is 3.53. The third-order valence-corrected chi connectivity index (χ3v) is 2.12. The second kappa shape index (κ2) is 4.69. The molecule has 0 aliphatic heterocycles. The SMILES string of the molecule is COc1cc(Oc2cccc(C)c2)nc(N)n1. The third kappa shape index (κ3) is 2.84. The van der Waals surface area contributed by atoms with Gasteiger partial charge in [0.15, 0.2) is 0 Å². The predicted octanol–water partition coefficient (Wildman–Crippen LogP) is 2.17. The molecular weight excluding hydrogens is 218 g/mol. The zero-order chi connectivity index (χ0) is 12.3. The Morgan fingerprint density at radius 2 is 1.88 bits per heavy atom. The number of anilines is 1. The Hall–Kier alpha value is -2.30. The lowest BCUT2D eigenvalue weighted by Gasteiger charge is -2.07. The lowest BCUT2D eigenvalue weighted by molar-refractivity contribution is 0.389. The van der Waals surface area contributed by atoms with Gasteiger partial charge in [-0.1, -0.05) is 12.1 Å². The summed E-state index contributed by atoms with van der Waals surface area (Å²) in [5.41, 5.74) is 6.64. The molecule has 5 heteroatoms. The van der Waals surface area contributed by atoms with Crippen LogP contribution in [0.15, 0.2) is 30.3 Å². The van der Waals surface area contributed by atoms with E-state index in [1.165, 1.54) is 7.11 Å². The van der Waals surface area contributed by atoms with Crippen molar-refractivity contribution in [3.8, 4) is 17.5 Å². The van der Waals surface area contributed by atoms with Gasteiger partial charge in [-0.3, -0.25) is 0 Å². The van der Waals surface area contributed by atoms with E-state index in [4.69, 9.17) is 15.2 Å². The van der Waals surface area contributed by atoms with Crippen LogP contribution in [-0.2, 0) is 0 Å². The molecule has 0 aliphatic carbocycles. The number of rotatable bonds is 3. The van der Waals surface area contributed by atoms with Crippen LogP contribution in [-0.4, -0.2) is 17.1 Å². The van der Waals surface area contributed by atoms with E-state index in [0.29, 0.717) is 17.5 Å². The molecule has 0 aliphatic rings. The minimum absolute atomic E-state index is 0.118. The number of nitrogens with zero attached hydrogens (tertiary/aromatic N) is 2. The van der Waals surface area contributed by atoms with Crippen molar-refractivity contribution in [1.29, 1.82) is 0 Å². The quantitative estimate of drug-likeness (QED) is 0.876. The molecule has 0 amide bonds. The molecule has 2 aromatic rings. The minimum atomic E-state index is 0.118. The average molecular weight is 231 g/mol. The van der Waals surface area contributed by atoms with Crippen LogP contribution in [0.3, 0.4) is 0 Å². The van der Waals surface area contributed by atoms with E-state index in [9.17, 15) is 0 Å². The zero-order valence-corrected chi connectivity index (χ0v) is 9.68.